The summed E-state index contributed by atoms with van der Waals surface area (Å²) in [6.07, 6.45) is 0. The number of aryl methyl sites for hydroxylation is 1. The number of hydrogen-bond acceptors (Lipinski definition) is 2. The summed E-state index contributed by atoms with van der Waals surface area (Å²) in [5.41, 5.74) is 2.23. The number of aromatic nitrogens is 2. The maximum atomic E-state index is 14.1. The molecular formula is C19H14ClFN2O. The first-order valence-corrected chi connectivity index (χ1v) is 7.95. The van der Waals surface area contributed by atoms with Crippen LogP contribution in [-0.4, -0.2) is 9.55 Å². The van der Waals surface area contributed by atoms with Gasteiger partial charge in [0.15, 0.2) is 11.6 Å². The summed E-state index contributed by atoms with van der Waals surface area (Å²) in [5.74, 6) is 1.86. The Morgan fingerprint density at radius 3 is 2.71 bits per heavy atom. The molecule has 3 nitrogen and oxygen atoms in total. The molecule has 0 atom stereocenters. The van der Waals surface area contributed by atoms with Crippen molar-refractivity contribution in [2.45, 2.75) is 13.5 Å². The van der Waals surface area contributed by atoms with Gasteiger partial charge in [-0.3, -0.25) is 0 Å². The molecule has 0 spiro atoms. The van der Waals surface area contributed by atoms with Crippen LogP contribution in [0.4, 0.5) is 4.39 Å². The van der Waals surface area contributed by atoms with Gasteiger partial charge < -0.3 is 8.98 Å². The smallest absolute Gasteiger partial charge is 0.177 e. The SMILES string of the molecule is Cc1ccc(-c2nc3cc(Cl)ccc3n2Cc2ccccc2F)o1. The van der Waals surface area contributed by atoms with Gasteiger partial charge in [0.1, 0.15) is 11.6 Å². The van der Waals surface area contributed by atoms with E-state index in [9.17, 15) is 4.39 Å². The molecule has 0 saturated heterocycles. The zero-order valence-electron chi connectivity index (χ0n) is 13.0. The third kappa shape index (κ3) is 2.59. The van der Waals surface area contributed by atoms with E-state index < -0.39 is 0 Å². The second-order valence-corrected chi connectivity index (χ2v) is 6.09. The highest BCUT2D eigenvalue weighted by Crippen LogP contribution is 2.29. The lowest BCUT2D eigenvalue weighted by atomic mass is 10.2. The fourth-order valence-corrected chi connectivity index (χ4v) is 2.97. The molecule has 0 radical (unpaired) electrons. The Kier molecular flexibility index (Phi) is 3.62. The Morgan fingerprint density at radius 1 is 1.12 bits per heavy atom. The normalized spacial score (nSPS) is 11.3. The first kappa shape index (κ1) is 15.0. The second-order valence-electron chi connectivity index (χ2n) is 5.66. The van der Waals surface area contributed by atoms with Gasteiger partial charge in [-0.25, -0.2) is 9.37 Å². The van der Waals surface area contributed by atoms with Crippen molar-refractivity contribution in [1.29, 1.82) is 0 Å². The molecule has 0 saturated carbocycles. The molecule has 0 unspecified atom stereocenters. The first-order chi connectivity index (χ1) is 11.6. The fourth-order valence-electron chi connectivity index (χ4n) is 2.80. The van der Waals surface area contributed by atoms with E-state index in [-0.39, 0.29) is 5.82 Å². The lowest BCUT2D eigenvalue weighted by Crippen LogP contribution is -2.03. The van der Waals surface area contributed by atoms with Gasteiger partial charge in [-0.05, 0) is 43.3 Å². The third-order valence-corrected chi connectivity index (χ3v) is 4.19. The van der Waals surface area contributed by atoms with Gasteiger partial charge in [0.2, 0.25) is 0 Å². The predicted molar refractivity (Wildman–Crippen MR) is 92.7 cm³/mol. The summed E-state index contributed by atoms with van der Waals surface area (Å²) < 4.78 is 21.8. The number of imidazole rings is 1. The van der Waals surface area contributed by atoms with Crippen LogP contribution in [0.5, 0.6) is 0 Å². The molecule has 0 aliphatic carbocycles. The molecule has 0 aliphatic rings. The van der Waals surface area contributed by atoms with Gasteiger partial charge >= 0.3 is 0 Å². The van der Waals surface area contributed by atoms with E-state index in [4.69, 9.17) is 16.0 Å². The summed E-state index contributed by atoms with van der Waals surface area (Å²) in [4.78, 5) is 4.65. The summed E-state index contributed by atoms with van der Waals surface area (Å²) in [6.45, 7) is 2.24. The van der Waals surface area contributed by atoms with Crippen LogP contribution in [0.25, 0.3) is 22.6 Å². The lowest BCUT2D eigenvalue weighted by molar-refractivity contribution is 0.539. The van der Waals surface area contributed by atoms with E-state index in [1.54, 1.807) is 24.3 Å². The Morgan fingerprint density at radius 2 is 1.96 bits per heavy atom. The summed E-state index contributed by atoms with van der Waals surface area (Å²) >= 11 is 6.08. The molecule has 24 heavy (non-hydrogen) atoms. The molecule has 0 bridgehead atoms. The highest BCUT2D eigenvalue weighted by Gasteiger charge is 2.17. The van der Waals surface area contributed by atoms with Crippen molar-refractivity contribution in [3.05, 3.63) is 76.8 Å². The van der Waals surface area contributed by atoms with Crippen LogP contribution in [0.1, 0.15) is 11.3 Å². The van der Waals surface area contributed by atoms with E-state index in [2.05, 4.69) is 4.98 Å². The number of hydrogen-bond donors (Lipinski definition) is 0. The first-order valence-electron chi connectivity index (χ1n) is 7.58. The molecular weight excluding hydrogens is 327 g/mol. The van der Waals surface area contributed by atoms with Gasteiger partial charge in [-0.1, -0.05) is 29.8 Å². The monoisotopic (exact) mass is 340 g/mol. The van der Waals surface area contributed by atoms with E-state index in [0.717, 1.165) is 16.8 Å². The zero-order valence-corrected chi connectivity index (χ0v) is 13.7. The largest absolute Gasteiger partial charge is 0.458 e. The number of fused-ring (bicyclic) bond motifs is 1. The number of nitrogens with zero attached hydrogens (tertiary/aromatic N) is 2. The number of benzene rings is 2. The Balaban J connectivity index is 1.92. The summed E-state index contributed by atoms with van der Waals surface area (Å²) in [6, 6.07) is 16.0. The van der Waals surface area contributed by atoms with E-state index >= 15 is 0 Å². The number of rotatable bonds is 3. The second kappa shape index (κ2) is 5.80. The van der Waals surface area contributed by atoms with Crippen LogP contribution in [0, 0.1) is 12.7 Å². The average Bonchev–Trinajstić information content (AvgIpc) is 3.13. The van der Waals surface area contributed by atoms with Gasteiger partial charge in [0.05, 0.1) is 17.6 Å². The molecule has 0 amide bonds. The minimum Gasteiger partial charge on any atom is -0.458 e. The van der Waals surface area contributed by atoms with Crippen molar-refractivity contribution in [3.63, 3.8) is 0 Å². The standard InChI is InChI=1S/C19H14ClFN2O/c1-12-6-9-18(24-12)19-22-16-10-14(20)7-8-17(16)23(19)11-13-4-2-3-5-15(13)21/h2-10H,11H2,1H3. The van der Waals surface area contributed by atoms with Crippen LogP contribution in [-0.2, 0) is 6.54 Å². The number of furan rings is 1. The van der Waals surface area contributed by atoms with E-state index in [0.29, 0.717) is 28.7 Å². The number of halogens is 2. The summed E-state index contributed by atoms with van der Waals surface area (Å²) in [5, 5.41) is 0.611. The Hall–Kier alpha value is -2.59. The van der Waals surface area contributed by atoms with Crippen LogP contribution in [0.15, 0.2) is 59.0 Å². The van der Waals surface area contributed by atoms with Crippen LogP contribution >= 0.6 is 11.6 Å². The highest BCUT2D eigenvalue weighted by molar-refractivity contribution is 6.31. The van der Waals surface area contributed by atoms with E-state index in [1.807, 2.05) is 35.8 Å². The molecule has 120 valence electrons. The van der Waals surface area contributed by atoms with Crippen molar-refractivity contribution >= 4 is 22.6 Å². The Labute approximate surface area is 143 Å². The molecule has 0 N–H and O–H groups in total. The van der Waals surface area contributed by atoms with Crippen LogP contribution in [0.3, 0.4) is 0 Å². The molecule has 2 heterocycles. The maximum absolute atomic E-state index is 14.1. The highest BCUT2D eigenvalue weighted by atomic mass is 35.5. The van der Waals surface area contributed by atoms with Gasteiger partial charge in [-0.15, -0.1) is 0 Å². The maximum Gasteiger partial charge on any atom is 0.177 e. The van der Waals surface area contributed by atoms with Crippen LogP contribution in [0.2, 0.25) is 5.02 Å². The molecule has 0 fully saturated rings. The fraction of sp³-hybridized carbons (Fsp3) is 0.105. The zero-order chi connectivity index (χ0) is 16.7. The third-order valence-electron chi connectivity index (χ3n) is 3.96. The minimum atomic E-state index is -0.241. The van der Waals surface area contributed by atoms with Crippen molar-refractivity contribution in [2.24, 2.45) is 0 Å². The quantitative estimate of drug-likeness (QED) is 0.497. The molecule has 4 aromatic rings. The molecule has 0 aliphatic heterocycles. The van der Waals surface area contributed by atoms with Gasteiger partial charge in [0, 0.05) is 10.6 Å². The lowest BCUT2D eigenvalue weighted by Gasteiger charge is -2.09. The predicted octanol–water partition coefficient (Wildman–Crippen LogP) is 5.45. The minimum absolute atomic E-state index is 0.241. The van der Waals surface area contributed by atoms with Crippen molar-refractivity contribution in [1.82, 2.24) is 9.55 Å². The average molecular weight is 341 g/mol. The topological polar surface area (TPSA) is 31.0 Å². The van der Waals surface area contributed by atoms with E-state index in [1.165, 1.54) is 6.07 Å². The van der Waals surface area contributed by atoms with Crippen LogP contribution < -0.4 is 0 Å². The molecule has 5 heteroatoms. The molecule has 4 rings (SSSR count). The van der Waals surface area contributed by atoms with Crippen molar-refractivity contribution in [3.8, 4) is 11.6 Å². The summed E-state index contributed by atoms with van der Waals surface area (Å²) in [7, 11) is 0. The molecule has 2 aromatic heterocycles. The van der Waals surface area contributed by atoms with Crippen molar-refractivity contribution < 1.29 is 8.81 Å². The van der Waals surface area contributed by atoms with Gasteiger partial charge in [-0.2, -0.15) is 0 Å². The Bertz CT molecular complexity index is 1030. The van der Waals surface area contributed by atoms with Gasteiger partial charge in [0.25, 0.3) is 0 Å². The molecule has 2 aromatic carbocycles. The van der Waals surface area contributed by atoms with Crippen molar-refractivity contribution in [2.75, 3.05) is 0 Å².